The van der Waals surface area contributed by atoms with Gasteiger partial charge in [0.1, 0.15) is 5.82 Å². The Kier molecular flexibility index (Phi) is 4.98. The van der Waals surface area contributed by atoms with Gasteiger partial charge in [0, 0.05) is 18.7 Å². The zero-order chi connectivity index (χ0) is 18.0. The van der Waals surface area contributed by atoms with Gasteiger partial charge in [-0.3, -0.25) is 9.59 Å². The summed E-state index contributed by atoms with van der Waals surface area (Å²) in [6, 6.07) is 2.66. The molecule has 2 aromatic rings. The number of carbonyl (C=O) groups excluding carboxylic acids is 1. The summed E-state index contributed by atoms with van der Waals surface area (Å²) in [6.07, 6.45) is 0.748. The Hall–Kier alpha value is -2.48. The van der Waals surface area contributed by atoms with Crippen LogP contribution in [0.15, 0.2) is 21.5 Å². The SMILES string of the molecule is Cc1nc([C@H]2COCCN2C(=O)c2cc(CC(C)C)no2)cc(=O)[nH]1. The quantitative estimate of drug-likeness (QED) is 0.900. The lowest BCUT2D eigenvalue weighted by Crippen LogP contribution is -2.44. The van der Waals surface area contributed by atoms with Gasteiger partial charge in [0.2, 0.25) is 5.76 Å². The average Bonchev–Trinajstić information content (AvgIpc) is 3.01. The first-order chi connectivity index (χ1) is 11.9. The first kappa shape index (κ1) is 17.3. The molecule has 2 aromatic heterocycles. The maximum absolute atomic E-state index is 12.9. The van der Waals surface area contributed by atoms with Crippen LogP contribution in [0.3, 0.4) is 0 Å². The Morgan fingerprint density at radius 3 is 2.96 bits per heavy atom. The van der Waals surface area contributed by atoms with E-state index in [0.29, 0.717) is 30.6 Å². The van der Waals surface area contributed by atoms with Crippen LogP contribution in [-0.2, 0) is 11.2 Å². The molecule has 1 aliphatic rings. The summed E-state index contributed by atoms with van der Waals surface area (Å²) in [4.78, 5) is 33.2. The van der Waals surface area contributed by atoms with E-state index in [-0.39, 0.29) is 23.8 Å². The lowest BCUT2D eigenvalue weighted by molar-refractivity contribution is -0.00594. The number of morpholine rings is 1. The van der Waals surface area contributed by atoms with Gasteiger partial charge in [-0.1, -0.05) is 19.0 Å². The second kappa shape index (κ2) is 7.18. The summed E-state index contributed by atoms with van der Waals surface area (Å²) in [5.41, 5.74) is 1.02. The van der Waals surface area contributed by atoms with Gasteiger partial charge in [-0.05, 0) is 19.3 Å². The third-order valence-corrected chi connectivity index (χ3v) is 4.00. The van der Waals surface area contributed by atoms with Crippen LogP contribution < -0.4 is 5.56 Å². The minimum atomic E-state index is -0.430. The van der Waals surface area contributed by atoms with Crippen molar-refractivity contribution in [3.8, 4) is 0 Å². The summed E-state index contributed by atoms with van der Waals surface area (Å²) in [5.74, 6) is 0.853. The molecule has 0 aromatic carbocycles. The van der Waals surface area contributed by atoms with Gasteiger partial charge in [-0.15, -0.1) is 0 Å². The molecule has 3 rings (SSSR count). The number of carbonyl (C=O) groups is 1. The number of nitrogens with zero attached hydrogens (tertiary/aromatic N) is 3. The predicted molar refractivity (Wildman–Crippen MR) is 89.2 cm³/mol. The molecule has 25 heavy (non-hydrogen) atoms. The Morgan fingerprint density at radius 2 is 2.24 bits per heavy atom. The highest BCUT2D eigenvalue weighted by Crippen LogP contribution is 2.24. The monoisotopic (exact) mass is 346 g/mol. The number of nitrogens with one attached hydrogen (secondary N) is 1. The van der Waals surface area contributed by atoms with Crippen molar-refractivity contribution in [3.05, 3.63) is 45.5 Å². The Morgan fingerprint density at radius 1 is 1.44 bits per heavy atom. The highest BCUT2D eigenvalue weighted by atomic mass is 16.5. The maximum atomic E-state index is 12.9. The molecule has 1 fully saturated rings. The molecule has 1 saturated heterocycles. The highest BCUT2D eigenvalue weighted by molar-refractivity contribution is 5.91. The number of hydrogen-bond acceptors (Lipinski definition) is 6. The normalized spacial score (nSPS) is 17.9. The van der Waals surface area contributed by atoms with E-state index < -0.39 is 6.04 Å². The lowest BCUT2D eigenvalue weighted by Gasteiger charge is -2.34. The van der Waals surface area contributed by atoms with E-state index in [4.69, 9.17) is 9.26 Å². The maximum Gasteiger partial charge on any atom is 0.293 e. The van der Waals surface area contributed by atoms with Gasteiger partial charge >= 0.3 is 0 Å². The highest BCUT2D eigenvalue weighted by Gasteiger charge is 2.32. The molecule has 0 unspecified atom stereocenters. The van der Waals surface area contributed by atoms with Gasteiger partial charge in [0.25, 0.3) is 11.5 Å². The van der Waals surface area contributed by atoms with Gasteiger partial charge in [-0.25, -0.2) is 4.98 Å². The number of ether oxygens (including phenoxy) is 1. The number of aryl methyl sites for hydroxylation is 1. The number of hydrogen-bond donors (Lipinski definition) is 1. The molecule has 1 N–H and O–H groups in total. The molecule has 1 aliphatic heterocycles. The van der Waals surface area contributed by atoms with Gasteiger partial charge in [0.05, 0.1) is 30.6 Å². The summed E-state index contributed by atoms with van der Waals surface area (Å²) < 4.78 is 10.7. The second-order valence-corrected chi connectivity index (χ2v) is 6.63. The van der Waals surface area contributed by atoms with E-state index >= 15 is 0 Å². The standard InChI is InChI=1S/C17H22N4O4/c1-10(2)6-12-7-15(25-20-12)17(23)21-4-5-24-9-14(21)13-8-16(22)19-11(3)18-13/h7-8,10,14H,4-6,9H2,1-3H3,(H,18,19,22)/t14-/m1/s1. The minimum Gasteiger partial charge on any atom is -0.377 e. The molecule has 0 aliphatic carbocycles. The van der Waals surface area contributed by atoms with Crippen LogP contribution in [0, 0.1) is 12.8 Å². The number of aromatic amines is 1. The molecule has 1 amide bonds. The molecule has 0 saturated carbocycles. The van der Waals surface area contributed by atoms with E-state index in [0.717, 1.165) is 12.1 Å². The molecule has 3 heterocycles. The summed E-state index contributed by atoms with van der Waals surface area (Å²) in [6.45, 7) is 6.98. The van der Waals surface area contributed by atoms with E-state index in [1.165, 1.54) is 6.07 Å². The zero-order valence-corrected chi connectivity index (χ0v) is 14.6. The van der Waals surface area contributed by atoms with E-state index in [2.05, 4.69) is 29.0 Å². The van der Waals surface area contributed by atoms with Crippen LogP contribution in [0.25, 0.3) is 0 Å². The third kappa shape index (κ3) is 3.96. The van der Waals surface area contributed by atoms with Crippen LogP contribution >= 0.6 is 0 Å². The van der Waals surface area contributed by atoms with Crippen LogP contribution in [0.1, 0.15) is 47.7 Å². The Balaban J connectivity index is 1.86. The summed E-state index contributed by atoms with van der Waals surface area (Å²) in [5, 5.41) is 3.97. The minimum absolute atomic E-state index is 0.198. The average molecular weight is 346 g/mol. The van der Waals surface area contributed by atoms with Crippen LogP contribution in [-0.4, -0.2) is 45.7 Å². The number of amides is 1. The third-order valence-electron chi connectivity index (χ3n) is 4.00. The van der Waals surface area contributed by atoms with Gasteiger partial charge in [-0.2, -0.15) is 0 Å². The van der Waals surface area contributed by atoms with Crippen molar-refractivity contribution < 1.29 is 14.1 Å². The van der Waals surface area contributed by atoms with E-state index in [1.54, 1.807) is 17.9 Å². The smallest absolute Gasteiger partial charge is 0.293 e. The Labute approximate surface area is 145 Å². The molecular formula is C17H22N4O4. The molecular weight excluding hydrogens is 324 g/mol. The molecule has 0 spiro atoms. The molecule has 1 atom stereocenters. The number of rotatable bonds is 4. The van der Waals surface area contributed by atoms with Crippen LogP contribution in [0.4, 0.5) is 0 Å². The first-order valence-corrected chi connectivity index (χ1v) is 8.36. The fraction of sp³-hybridized carbons (Fsp3) is 0.529. The van der Waals surface area contributed by atoms with Crippen molar-refractivity contribution in [3.63, 3.8) is 0 Å². The molecule has 134 valence electrons. The van der Waals surface area contributed by atoms with Crippen LogP contribution in [0.2, 0.25) is 0 Å². The van der Waals surface area contributed by atoms with Crippen molar-refractivity contribution in [1.82, 2.24) is 20.0 Å². The van der Waals surface area contributed by atoms with Gasteiger partial charge in [0.15, 0.2) is 0 Å². The first-order valence-electron chi connectivity index (χ1n) is 8.36. The van der Waals surface area contributed by atoms with Gasteiger partial charge < -0.3 is 19.1 Å². The van der Waals surface area contributed by atoms with Crippen LogP contribution in [0.5, 0.6) is 0 Å². The summed E-state index contributed by atoms with van der Waals surface area (Å²) in [7, 11) is 0. The molecule has 8 heteroatoms. The van der Waals surface area contributed by atoms with E-state index in [1.807, 2.05) is 0 Å². The van der Waals surface area contributed by atoms with Crippen molar-refractivity contribution in [1.29, 1.82) is 0 Å². The molecule has 0 radical (unpaired) electrons. The summed E-state index contributed by atoms with van der Waals surface area (Å²) >= 11 is 0. The van der Waals surface area contributed by atoms with Crippen molar-refractivity contribution in [2.45, 2.75) is 33.2 Å². The fourth-order valence-corrected chi connectivity index (χ4v) is 2.93. The van der Waals surface area contributed by atoms with E-state index in [9.17, 15) is 9.59 Å². The second-order valence-electron chi connectivity index (χ2n) is 6.63. The number of H-pyrrole nitrogens is 1. The van der Waals surface area contributed by atoms with Crippen molar-refractivity contribution >= 4 is 5.91 Å². The topological polar surface area (TPSA) is 101 Å². The zero-order valence-electron chi connectivity index (χ0n) is 14.6. The predicted octanol–water partition coefficient (Wildman–Crippen LogP) is 1.48. The molecule has 8 nitrogen and oxygen atoms in total. The lowest BCUT2D eigenvalue weighted by atomic mass is 10.1. The largest absolute Gasteiger partial charge is 0.377 e. The fourth-order valence-electron chi connectivity index (χ4n) is 2.93. The van der Waals surface area contributed by atoms with Crippen molar-refractivity contribution in [2.24, 2.45) is 5.92 Å². The molecule has 0 bridgehead atoms. The van der Waals surface area contributed by atoms with Crippen molar-refractivity contribution in [2.75, 3.05) is 19.8 Å². The Bertz CT molecular complexity index is 811. The number of aromatic nitrogens is 3.